The van der Waals surface area contributed by atoms with Crippen LogP contribution in [0.5, 0.6) is 0 Å². The van der Waals surface area contributed by atoms with Gasteiger partial charge >= 0.3 is 0 Å². The van der Waals surface area contributed by atoms with Crippen LogP contribution in [0.25, 0.3) is 11.3 Å². The van der Waals surface area contributed by atoms with E-state index in [1.54, 1.807) is 11.3 Å². The van der Waals surface area contributed by atoms with Crippen LogP contribution in [0, 0.1) is 0 Å². The summed E-state index contributed by atoms with van der Waals surface area (Å²) < 4.78 is 0.976. The molecule has 0 atom stereocenters. The van der Waals surface area contributed by atoms with Crippen molar-refractivity contribution in [2.24, 2.45) is 0 Å². The number of thiazole rings is 1. The molecule has 0 bridgehead atoms. The Kier molecular flexibility index (Phi) is 4.95. The van der Waals surface area contributed by atoms with Crippen LogP contribution in [0.3, 0.4) is 0 Å². The lowest BCUT2D eigenvalue weighted by Gasteiger charge is -2.03. The molecular formula is C15H18BrNS. The van der Waals surface area contributed by atoms with Crippen LogP contribution in [0.2, 0.25) is 0 Å². The van der Waals surface area contributed by atoms with Crippen molar-refractivity contribution in [3.8, 4) is 11.3 Å². The Morgan fingerprint density at radius 2 is 1.89 bits per heavy atom. The summed E-state index contributed by atoms with van der Waals surface area (Å²) >= 11 is 5.21. The van der Waals surface area contributed by atoms with Gasteiger partial charge in [0.2, 0.25) is 0 Å². The molecule has 0 saturated heterocycles. The van der Waals surface area contributed by atoms with Gasteiger partial charge in [0.25, 0.3) is 0 Å². The van der Waals surface area contributed by atoms with Gasteiger partial charge in [-0.25, -0.2) is 4.98 Å². The van der Waals surface area contributed by atoms with Crippen LogP contribution in [0.15, 0.2) is 28.2 Å². The van der Waals surface area contributed by atoms with E-state index in [1.165, 1.54) is 35.3 Å². The first-order valence-electron chi connectivity index (χ1n) is 6.49. The van der Waals surface area contributed by atoms with Gasteiger partial charge in [-0.05, 0) is 40.8 Å². The molecule has 0 fully saturated rings. The quantitative estimate of drug-likeness (QED) is 0.710. The van der Waals surface area contributed by atoms with E-state index in [1.807, 2.05) is 0 Å². The minimum absolute atomic E-state index is 0.976. The van der Waals surface area contributed by atoms with Gasteiger partial charge in [0, 0.05) is 10.4 Å². The van der Waals surface area contributed by atoms with Crippen molar-refractivity contribution in [2.45, 2.75) is 39.5 Å². The minimum atomic E-state index is 0.976. The fourth-order valence-corrected chi connectivity index (χ4v) is 3.51. The predicted octanol–water partition coefficient (Wildman–Crippen LogP) is 5.48. The van der Waals surface area contributed by atoms with Gasteiger partial charge in [0.15, 0.2) is 3.92 Å². The Hall–Kier alpha value is -0.670. The van der Waals surface area contributed by atoms with E-state index in [4.69, 9.17) is 0 Å². The molecule has 0 aliphatic rings. The molecule has 2 aromatic rings. The molecule has 3 heteroatoms. The van der Waals surface area contributed by atoms with Gasteiger partial charge < -0.3 is 0 Å². The van der Waals surface area contributed by atoms with Crippen molar-refractivity contribution >= 4 is 27.3 Å². The molecule has 96 valence electrons. The van der Waals surface area contributed by atoms with E-state index in [2.05, 4.69) is 59.0 Å². The summed E-state index contributed by atoms with van der Waals surface area (Å²) in [5.74, 6) is 0. The van der Waals surface area contributed by atoms with Crippen molar-refractivity contribution in [3.05, 3.63) is 38.6 Å². The molecule has 1 aromatic carbocycles. The first-order chi connectivity index (χ1) is 8.74. The minimum Gasteiger partial charge on any atom is -0.229 e. The van der Waals surface area contributed by atoms with Crippen LogP contribution < -0.4 is 0 Å². The van der Waals surface area contributed by atoms with Gasteiger partial charge in [0.1, 0.15) is 0 Å². The Morgan fingerprint density at radius 3 is 2.50 bits per heavy atom. The molecule has 0 N–H and O–H groups in total. The number of benzene rings is 1. The number of nitrogens with zero attached hydrogens (tertiary/aromatic N) is 1. The van der Waals surface area contributed by atoms with Crippen LogP contribution >= 0.6 is 27.3 Å². The third kappa shape index (κ3) is 3.21. The zero-order valence-electron chi connectivity index (χ0n) is 10.9. The van der Waals surface area contributed by atoms with Crippen molar-refractivity contribution in [1.29, 1.82) is 0 Å². The molecule has 18 heavy (non-hydrogen) atoms. The van der Waals surface area contributed by atoms with Gasteiger partial charge in [-0.3, -0.25) is 0 Å². The highest BCUT2D eigenvalue weighted by atomic mass is 79.9. The molecule has 0 unspecified atom stereocenters. The summed E-state index contributed by atoms with van der Waals surface area (Å²) in [5, 5.41) is 0. The Bertz CT molecular complexity index is 502. The van der Waals surface area contributed by atoms with E-state index in [9.17, 15) is 0 Å². The molecule has 0 aliphatic carbocycles. The summed E-state index contributed by atoms with van der Waals surface area (Å²) in [7, 11) is 0. The highest BCUT2D eigenvalue weighted by Gasteiger charge is 2.10. The SMILES string of the molecule is CCCCc1ccc(-c2nc(Br)sc2CC)cc1. The molecule has 1 nitrogen and oxygen atoms in total. The van der Waals surface area contributed by atoms with E-state index < -0.39 is 0 Å². The molecule has 0 saturated carbocycles. The number of unbranched alkanes of at least 4 members (excludes halogenated alkanes) is 1. The van der Waals surface area contributed by atoms with Gasteiger partial charge in [-0.2, -0.15) is 0 Å². The smallest absolute Gasteiger partial charge is 0.160 e. The summed E-state index contributed by atoms with van der Waals surface area (Å²) in [6, 6.07) is 8.87. The molecule has 1 heterocycles. The normalized spacial score (nSPS) is 10.8. The first-order valence-corrected chi connectivity index (χ1v) is 8.10. The maximum Gasteiger partial charge on any atom is 0.160 e. The molecule has 2 rings (SSSR count). The number of aromatic nitrogens is 1. The highest BCUT2D eigenvalue weighted by Crippen LogP contribution is 2.31. The van der Waals surface area contributed by atoms with Crippen molar-refractivity contribution in [1.82, 2.24) is 4.98 Å². The lowest BCUT2D eigenvalue weighted by Crippen LogP contribution is -1.87. The second kappa shape index (κ2) is 6.48. The average Bonchev–Trinajstić information content (AvgIpc) is 2.78. The van der Waals surface area contributed by atoms with Crippen molar-refractivity contribution in [3.63, 3.8) is 0 Å². The molecular weight excluding hydrogens is 306 g/mol. The number of rotatable bonds is 5. The Labute approximate surface area is 121 Å². The largest absolute Gasteiger partial charge is 0.229 e. The Balaban J connectivity index is 2.22. The topological polar surface area (TPSA) is 12.9 Å². The van der Waals surface area contributed by atoms with E-state index in [0.29, 0.717) is 0 Å². The fraction of sp³-hybridized carbons (Fsp3) is 0.400. The number of aryl methyl sites for hydroxylation is 2. The predicted molar refractivity (Wildman–Crippen MR) is 83.2 cm³/mol. The second-order valence-corrected chi connectivity index (χ2v) is 6.75. The standard InChI is InChI=1S/C15H18BrNS/c1-3-5-6-11-7-9-12(10-8-11)14-13(4-2)18-15(16)17-14/h7-10H,3-6H2,1-2H3. The maximum atomic E-state index is 4.58. The van der Waals surface area contributed by atoms with Crippen LogP contribution in [-0.4, -0.2) is 4.98 Å². The number of halogens is 1. The summed E-state index contributed by atoms with van der Waals surface area (Å²) in [4.78, 5) is 5.93. The van der Waals surface area contributed by atoms with Crippen molar-refractivity contribution < 1.29 is 0 Å². The molecule has 0 radical (unpaired) electrons. The van der Waals surface area contributed by atoms with Gasteiger partial charge in [-0.15, -0.1) is 11.3 Å². The lowest BCUT2D eigenvalue weighted by molar-refractivity contribution is 0.795. The monoisotopic (exact) mass is 323 g/mol. The maximum absolute atomic E-state index is 4.58. The van der Waals surface area contributed by atoms with Crippen LogP contribution in [0.4, 0.5) is 0 Å². The van der Waals surface area contributed by atoms with Gasteiger partial charge in [0.05, 0.1) is 5.69 Å². The zero-order chi connectivity index (χ0) is 13.0. The van der Waals surface area contributed by atoms with Crippen molar-refractivity contribution in [2.75, 3.05) is 0 Å². The highest BCUT2D eigenvalue weighted by molar-refractivity contribution is 9.11. The molecule has 0 aliphatic heterocycles. The third-order valence-corrected chi connectivity index (χ3v) is 4.69. The lowest BCUT2D eigenvalue weighted by atomic mass is 10.0. The first kappa shape index (κ1) is 13.8. The van der Waals surface area contributed by atoms with Crippen LogP contribution in [-0.2, 0) is 12.8 Å². The fourth-order valence-electron chi connectivity index (χ4n) is 2.00. The molecule has 0 spiro atoms. The third-order valence-electron chi connectivity index (χ3n) is 3.04. The Morgan fingerprint density at radius 1 is 1.17 bits per heavy atom. The van der Waals surface area contributed by atoms with E-state index in [0.717, 1.165) is 16.0 Å². The second-order valence-electron chi connectivity index (χ2n) is 4.39. The summed E-state index contributed by atoms with van der Waals surface area (Å²) in [6.45, 7) is 4.41. The van der Waals surface area contributed by atoms with E-state index >= 15 is 0 Å². The van der Waals surface area contributed by atoms with Gasteiger partial charge in [-0.1, -0.05) is 44.5 Å². The molecule has 1 aromatic heterocycles. The van der Waals surface area contributed by atoms with E-state index in [-0.39, 0.29) is 0 Å². The number of hydrogen-bond acceptors (Lipinski definition) is 2. The zero-order valence-corrected chi connectivity index (χ0v) is 13.3. The summed E-state index contributed by atoms with van der Waals surface area (Å²) in [5.41, 5.74) is 3.79. The van der Waals surface area contributed by atoms with Crippen LogP contribution in [0.1, 0.15) is 37.1 Å². The molecule has 0 amide bonds. The number of hydrogen-bond donors (Lipinski definition) is 0. The summed E-state index contributed by atoms with van der Waals surface area (Å²) in [6.07, 6.45) is 4.73. The average molecular weight is 324 g/mol.